The Labute approximate surface area is 134 Å². The fourth-order valence-corrected chi connectivity index (χ4v) is 2.30. The van der Waals surface area contributed by atoms with Crippen molar-refractivity contribution in [2.24, 2.45) is 4.40 Å². The van der Waals surface area contributed by atoms with Gasteiger partial charge in [0, 0.05) is 11.8 Å². The van der Waals surface area contributed by atoms with Crippen molar-refractivity contribution in [2.75, 3.05) is 7.11 Å². The maximum Gasteiger partial charge on any atom is 0.144 e. The van der Waals surface area contributed by atoms with E-state index in [4.69, 9.17) is 4.74 Å². The number of hydrogen-bond donors (Lipinski definition) is 0. The lowest BCUT2D eigenvalue weighted by Crippen LogP contribution is -2.25. The molecule has 0 N–H and O–H groups in total. The molecule has 0 radical (unpaired) electrons. The van der Waals surface area contributed by atoms with Crippen LogP contribution < -0.4 is 4.74 Å². The zero-order valence-corrected chi connectivity index (χ0v) is 14.1. The van der Waals surface area contributed by atoms with Crippen molar-refractivity contribution in [3.8, 4) is 16.9 Å². The highest BCUT2D eigenvalue weighted by Crippen LogP contribution is 2.24. The minimum atomic E-state index is -1.30. The molecule has 1 aromatic carbocycles. The lowest BCUT2D eigenvalue weighted by atomic mass is 10.0. The molecule has 0 amide bonds. The Morgan fingerprint density at radius 2 is 1.86 bits per heavy atom. The number of pyridine rings is 1. The van der Waals surface area contributed by atoms with Crippen LogP contribution in [0.5, 0.6) is 5.75 Å². The first-order chi connectivity index (χ1) is 10.4. The van der Waals surface area contributed by atoms with Crippen LogP contribution in [0.3, 0.4) is 0 Å². The van der Waals surface area contributed by atoms with Crippen LogP contribution in [-0.2, 0) is 11.4 Å². The zero-order chi connectivity index (χ0) is 16.2. The molecule has 0 aliphatic rings. The largest absolute Gasteiger partial charge is 0.591 e. The first-order valence-electron chi connectivity index (χ1n) is 6.97. The molecule has 1 atom stereocenters. The normalized spacial score (nSPS) is 13.3. The van der Waals surface area contributed by atoms with E-state index >= 15 is 0 Å². The summed E-state index contributed by atoms with van der Waals surface area (Å²) in [6.45, 7) is 5.68. The third kappa shape index (κ3) is 4.08. The summed E-state index contributed by atoms with van der Waals surface area (Å²) < 4.78 is 21.0. The first-order valence-corrected chi connectivity index (χ1v) is 8.08. The topological polar surface area (TPSA) is 57.5 Å². The average molecular weight is 316 g/mol. The van der Waals surface area contributed by atoms with Crippen LogP contribution in [0.2, 0.25) is 0 Å². The fourth-order valence-electron chi connectivity index (χ4n) is 1.79. The molecule has 0 spiro atoms. The molecule has 22 heavy (non-hydrogen) atoms. The quantitative estimate of drug-likeness (QED) is 0.639. The Morgan fingerprint density at radius 3 is 2.45 bits per heavy atom. The Kier molecular flexibility index (Phi) is 5.21. The predicted octanol–water partition coefficient (Wildman–Crippen LogP) is 3.64. The smallest absolute Gasteiger partial charge is 0.144 e. The van der Waals surface area contributed by atoms with E-state index in [0.717, 1.165) is 16.9 Å². The molecule has 0 saturated carbocycles. The summed E-state index contributed by atoms with van der Waals surface area (Å²) >= 11 is -1.30. The molecule has 4 nitrogen and oxygen atoms in total. The van der Waals surface area contributed by atoms with Crippen LogP contribution in [0, 0.1) is 0 Å². The highest BCUT2D eigenvalue weighted by atomic mass is 32.2. The standard InChI is InChI=1S/C17H20N2O2S/c1-17(2,3)22(20)19-12-16-15(6-5-11-18-16)13-7-9-14(21-4)10-8-13/h5-12H,1-4H3. The van der Waals surface area contributed by atoms with Gasteiger partial charge in [-0.3, -0.25) is 4.98 Å². The maximum atomic E-state index is 12.0. The molecule has 5 heteroatoms. The summed E-state index contributed by atoms with van der Waals surface area (Å²) in [5, 5.41) is 0. The van der Waals surface area contributed by atoms with E-state index in [1.807, 2.05) is 57.2 Å². The summed E-state index contributed by atoms with van der Waals surface area (Å²) in [6.07, 6.45) is 3.29. The molecule has 1 aromatic heterocycles. The van der Waals surface area contributed by atoms with Crippen LogP contribution in [0.15, 0.2) is 47.0 Å². The molecule has 0 saturated heterocycles. The van der Waals surface area contributed by atoms with Gasteiger partial charge in [-0.25, -0.2) is 0 Å². The first kappa shape index (κ1) is 16.5. The van der Waals surface area contributed by atoms with E-state index in [1.54, 1.807) is 19.5 Å². The van der Waals surface area contributed by atoms with Gasteiger partial charge in [0.15, 0.2) is 0 Å². The van der Waals surface area contributed by atoms with Crippen molar-refractivity contribution in [3.05, 3.63) is 48.3 Å². The number of aromatic nitrogens is 1. The summed E-state index contributed by atoms with van der Waals surface area (Å²) in [6, 6.07) is 11.6. The van der Waals surface area contributed by atoms with Gasteiger partial charge >= 0.3 is 0 Å². The van der Waals surface area contributed by atoms with Gasteiger partial charge in [-0.15, -0.1) is 0 Å². The number of benzene rings is 1. The fraction of sp³-hybridized carbons (Fsp3) is 0.294. The molecule has 0 fully saturated rings. The molecule has 2 rings (SSSR count). The predicted molar refractivity (Wildman–Crippen MR) is 91.7 cm³/mol. The van der Waals surface area contributed by atoms with Crippen LogP contribution in [0.4, 0.5) is 0 Å². The highest BCUT2D eigenvalue weighted by molar-refractivity contribution is 7.91. The summed E-state index contributed by atoms with van der Waals surface area (Å²) in [5.41, 5.74) is 2.65. The number of methoxy groups -OCH3 is 1. The number of rotatable bonds is 4. The summed E-state index contributed by atoms with van der Waals surface area (Å²) in [5.74, 6) is 0.802. The third-order valence-electron chi connectivity index (χ3n) is 3.03. The van der Waals surface area contributed by atoms with Crippen molar-refractivity contribution in [2.45, 2.75) is 25.5 Å². The van der Waals surface area contributed by atoms with E-state index in [9.17, 15) is 4.55 Å². The highest BCUT2D eigenvalue weighted by Gasteiger charge is 2.26. The Hall–Kier alpha value is -1.85. The second-order valence-corrected chi connectivity index (χ2v) is 7.69. The number of ether oxygens (including phenoxy) is 1. The van der Waals surface area contributed by atoms with Gasteiger partial charge in [-0.2, -0.15) is 0 Å². The van der Waals surface area contributed by atoms with E-state index in [0.29, 0.717) is 5.69 Å². The van der Waals surface area contributed by atoms with Crippen molar-refractivity contribution < 1.29 is 9.29 Å². The van der Waals surface area contributed by atoms with E-state index in [2.05, 4.69) is 9.38 Å². The van der Waals surface area contributed by atoms with Crippen molar-refractivity contribution in [1.29, 1.82) is 0 Å². The zero-order valence-electron chi connectivity index (χ0n) is 13.2. The average Bonchev–Trinajstić information content (AvgIpc) is 2.52. The van der Waals surface area contributed by atoms with Gasteiger partial charge in [0.25, 0.3) is 0 Å². The summed E-state index contributed by atoms with van der Waals surface area (Å²) in [4.78, 5) is 4.34. The second-order valence-electron chi connectivity index (χ2n) is 5.76. The minimum Gasteiger partial charge on any atom is -0.591 e. The van der Waals surface area contributed by atoms with Crippen molar-refractivity contribution >= 4 is 17.6 Å². The van der Waals surface area contributed by atoms with Gasteiger partial charge in [0.2, 0.25) is 0 Å². The molecule has 0 aliphatic carbocycles. The van der Waals surface area contributed by atoms with Crippen LogP contribution >= 0.6 is 0 Å². The minimum absolute atomic E-state index is 0.383. The molecule has 2 aromatic rings. The van der Waals surface area contributed by atoms with Gasteiger partial charge < -0.3 is 9.29 Å². The SMILES string of the molecule is COc1ccc(-c2cccnc2C=N[S+]([O-])C(C)(C)C)cc1. The van der Waals surface area contributed by atoms with Crippen LogP contribution in [0.25, 0.3) is 11.1 Å². The maximum absolute atomic E-state index is 12.0. The molecule has 0 bridgehead atoms. The molecule has 1 heterocycles. The number of hydrogen-bond acceptors (Lipinski definition) is 4. The third-order valence-corrected chi connectivity index (χ3v) is 4.38. The molecular weight excluding hydrogens is 296 g/mol. The van der Waals surface area contributed by atoms with E-state index in [1.165, 1.54) is 0 Å². The van der Waals surface area contributed by atoms with Crippen LogP contribution in [-0.4, -0.2) is 27.6 Å². The Morgan fingerprint density at radius 1 is 1.18 bits per heavy atom. The lowest BCUT2D eigenvalue weighted by Gasteiger charge is -2.17. The van der Waals surface area contributed by atoms with Crippen molar-refractivity contribution in [3.63, 3.8) is 0 Å². The number of nitrogens with zero attached hydrogens (tertiary/aromatic N) is 2. The van der Waals surface area contributed by atoms with Gasteiger partial charge in [-0.05, 0) is 44.5 Å². The monoisotopic (exact) mass is 316 g/mol. The van der Waals surface area contributed by atoms with Gasteiger partial charge in [-0.1, -0.05) is 22.6 Å². The van der Waals surface area contributed by atoms with Crippen molar-refractivity contribution in [1.82, 2.24) is 4.98 Å². The molecule has 1 unspecified atom stereocenters. The molecule has 0 aliphatic heterocycles. The Balaban J connectivity index is 2.32. The molecule has 116 valence electrons. The van der Waals surface area contributed by atoms with Gasteiger partial charge in [0.1, 0.15) is 28.1 Å². The molecular formula is C17H20N2O2S. The van der Waals surface area contributed by atoms with Crippen LogP contribution in [0.1, 0.15) is 26.5 Å². The summed E-state index contributed by atoms with van der Waals surface area (Å²) in [7, 11) is 1.64. The van der Waals surface area contributed by atoms with Gasteiger partial charge in [0.05, 0.1) is 12.8 Å². The Bertz CT molecular complexity index is 648. The van der Waals surface area contributed by atoms with E-state index < -0.39 is 11.4 Å². The van der Waals surface area contributed by atoms with E-state index in [-0.39, 0.29) is 4.75 Å². The lowest BCUT2D eigenvalue weighted by molar-refractivity contribution is 0.415. The second kappa shape index (κ2) is 6.94.